The molecule has 0 N–H and O–H groups in total. The molecule has 3 nitrogen and oxygen atoms in total. The van der Waals surface area contributed by atoms with Crippen LogP contribution in [0.25, 0.3) is 0 Å². The first-order chi connectivity index (χ1) is 9.31. The molecular weight excluding hydrogens is 234 g/mol. The van der Waals surface area contributed by atoms with Gasteiger partial charge in [0.25, 0.3) is 0 Å². The first kappa shape index (κ1) is 12.3. The summed E-state index contributed by atoms with van der Waals surface area (Å²) in [5, 5.41) is 0. The summed E-state index contributed by atoms with van der Waals surface area (Å²) in [6, 6.07) is 12.6. The van der Waals surface area contributed by atoms with Crippen molar-refractivity contribution in [2.24, 2.45) is 0 Å². The maximum atomic E-state index is 4.56. The van der Waals surface area contributed by atoms with Gasteiger partial charge >= 0.3 is 0 Å². The number of aryl methyl sites for hydroxylation is 1. The molecule has 0 aliphatic carbocycles. The predicted octanol–water partition coefficient (Wildman–Crippen LogP) is 2.77. The van der Waals surface area contributed by atoms with Gasteiger partial charge in [-0.1, -0.05) is 30.3 Å². The Bertz CT molecular complexity index is 539. The summed E-state index contributed by atoms with van der Waals surface area (Å²) in [5.41, 5.74) is 2.44. The fourth-order valence-electron chi connectivity index (χ4n) is 2.69. The zero-order valence-corrected chi connectivity index (χ0v) is 11.3. The molecule has 2 aromatic rings. The number of nitrogens with zero attached hydrogens (tertiary/aromatic N) is 3. The Hall–Kier alpha value is -1.74. The van der Waals surface area contributed by atoms with Crippen LogP contribution >= 0.6 is 0 Å². The van der Waals surface area contributed by atoms with E-state index < -0.39 is 0 Å². The molecule has 19 heavy (non-hydrogen) atoms. The van der Waals surface area contributed by atoms with Gasteiger partial charge in [-0.3, -0.25) is 4.90 Å². The standard InChI is InChI=1S/C16H19N3/c1-13-7-9-17-16(18-13)15-8-10-19(12-15)11-14-5-3-2-4-6-14/h2-7,9,15H,8,10-12H2,1H3. The minimum absolute atomic E-state index is 0.489. The van der Waals surface area contributed by atoms with Gasteiger partial charge in [0.15, 0.2) is 0 Å². The van der Waals surface area contributed by atoms with Crippen molar-refractivity contribution in [2.75, 3.05) is 13.1 Å². The molecule has 0 amide bonds. The molecule has 2 heterocycles. The number of aromatic nitrogens is 2. The molecule has 1 aliphatic rings. The van der Waals surface area contributed by atoms with Crippen LogP contribution in [0.4, 0.5) is 0 Å². The molecular formula is C16H19N3. The van der Waals surface area contributed by atoms with Crippen LogP contribution in [0.15, 0.2) is 42.6 Å². The van der Waals surface area contributed by atoms with E-state index in [1.54, 1.807) is 0 Å². The van der Waals surface area contributed by atoms with Crippen molar-refractivity contribution in [2.45, 2.75) is 25.8 Å². The van der Waals surface area contributed by atoms with E-state index in [0.29, 0.717) is 5.92 Å². The number of benzene rings is 1. The Morgan fingerprint density at radius 3 is 2.84 bits per heavy atom. The van der Waals surface area contributed by atoms with E-state index in [0.717, 1.165) is 37.6 Å². The molecule has 1 aromatic carbocycles. The van der Waals surface area contributed by atoms with Crippen LogP contribution in [0.5, 0.6) is 0 Å². The SMILES string of the molecule is Cc1ccnc(C2CCN(Cc3ccccc3)C2)n1. The minimum Gasteiger partial charge on any atom is -0.298 e. The highest BCUT2D eigenvalue weighted by Gasteiger charge is 2.25. The van der Waals surface area contributed by atoms with Crippen molar-refractivity contribution >= 4 is 0 Å². The first-order valence-corrected chi connectivity index (χ1v) is 6.87. The van der Waals surface area contributed by atoms with Gasteiger partial charge in [0.05, 0.1) is 0 Å². The molecule has 1 unspecified atom stereocenters. The normalized spacial score (nSPS) is 19.7. The van der Waals surface area contributed by atoms with Gasteiger partial charge in [-0.2, -0.15) is 0 Å². The highest BCUT2D eigenvalue weighted by atomic mass is 15.1. The first-order valence-electron chi connectivity index (χ1n) is 6.87. The third-order valence-electron chi connectivity index (χ3n) is 3.70. The fourth-order valence-corrected chi connectivity index (χ4v) is 2.69. The zero-order chi connectivity index (χ0) is 13.1. The van der Waals surface area contributed by atoms with Gasteiger partial charge in [-0.05, 0) is 31.5 Å². The van der Waals surface area contributed by atoms with Crippen LogP contribution < -0.4 is 0 Å². The summed E-state index contributed by atoms with van der Waals surface area (Å²) in [4.78, 5) is 11.5. The van der Waals surface area contributed by atoms with Crippen molar-refractivity contribution in [1.29, 1.82) is 0 Å². The third-order valence-corrected chi connectivity index (χ3v) is 3.70. The maximum absolute atomic E-state index is 4.56. The molecule has 1 aliphatic heterocycles. The molecule has 1 saturated heterocycles. The second-order valence-electron chi connectivity index (χ2n) is 5.26. The molecule has 0 saturated carbocycles. The quantitative estimate of drug-likeness (QED) is 0.842. The second-order valence-corrected chi connectivity index (χ2v) is 5.26. The summed E-state index contributed by atoms with van der Waals surface area (Å²) in [7, 11) is 0. The van der Waals surface area contributed by atoms with Crippen LogP contribution in [0.2, 0.25) is 0 Å². The topological polar surface area (TPSA) is 29.0 Å². The number of hydrogen-bond donors (Lipinski definition) is 0. The van der Waals surface area contributed by atoms with Gasteiger partial charge in [0.2, 0.25) is 0 Å². The van der Waals surface area contributed by atoms with Crippen LogP contribution in [0.3, 0.4) is 0 Å². The van der Waals surface area contributed by atoms with E-state index in [9.17, 15) is 0 Å². The molecule has 98 valence electrons. The predicted molar refractivity (Wildman–Crippen MR) is 75.8 cm³/mol. The van der Waals surface area contributed by atoms with Crippen LogP contribution in [-0.4, -0.2) is 28.0 Å². The fraction of sp³-hybridized carbons (Fsp3) is 0.375. The lowest BCUT2D eigenvalue weighted by atomic mass is 10.1. The van der Waals surface area contributed by atoms with Crippen molar-refractivity contribution in [3.63, 3.8) is 0 Å². The number of rotatable bonds is 3. The van der Waals surface area contributed by atoms with Crippen LogP contribution in [0.1, 0.15) is 29.4 Å². The van der Waals surface area contributed by atoms with Crippen molar-refractivity contribution in [3.05, 3.63) is 59.7 Å². The van der Waals surface area contributed by atoms with Crippen LogP contribution in [-0.2, 0) is 6.54 Å². The lowest BCUT2D eigenvalue weighted by Crippen LogP contribution is -2.20. The summed E-state index contributed by atoms with van der Waals surface area (Å²) in [5.74, 6) is 1.50. The molecule has 0 bridgehead atoms. The molecule has 1 aromatic heterocycles. The lowest BCUT2D eigenvalue weighted by Gasteiger charge is -2.15. The van der Waals surface area contributed by atoms with Crippen LogP contribution in [0, 0.1) is 6.92 Å². The average molecular weight is 253 g/mol. The number of hydrogen-bond acceptors (Lipinski definition) is 3. The summed E-state index contributed by atoms with van der Waals surface area (Å²) >= 11 is 0. The largest absolute Gasteiger partial charge is 0.298 e. The van der Waals surface area contributed by atoms with E-state index >= 15 is 0 Å². The number of likely N-dealkylation sites (tertiary alicyclic amines) is 1. The van der Waals surface area contributed by atoms with Crippen molar-refractivity contribution in [1.82, 2.24) is 14.9 Å². The lowest BCUT2D eigenvalue weighted by molar-refractivity contribution is 0.325. The minimum atomic E-state index is 0.489. The van der Waals surface area contributed by atoms with Gasteiger partial charge in [-0.15, -0.1) is 0 Å². The highest BCUT2D eigenvalue weighted by molar-refractivity contribution is 5.15. The Kier molecular flexibility index (Phi) is 3.56. The maximum Gasteiger partial charge on any atom is 0.132 e. The van der Waals surface area contributed by atoms with E-state index in [4.69, 9.17) is 0 Å². The summed E-state index contributed by atoms with van der Waals surface area (Å²) < 4.78 is 0. The summed E-state index contributed by atoms with van der Waals surface area (Å²) in [6.07, 6.45) is 3.04. The smallest absolute Gasteiger partial charge is 0.132 e. The second kappa shape index (κ2) is 5.49. The molecule has 1 fully saturated rings. The van der Waals surface area contributed by atoms with Crippen molar-refractivity contribution < 1.29 is 0 Å². The van der Waals surface area contributed by atoms with E-state index in [2.05, 4.69) is 45.2 Å². The molecule has 0 spiro atoms. The molecule has 3 heteroatoms. The van der Waals surface area contributed by atoms with Crippen molar-refractivity contribution in [3.8, 4) is 0 Å². The Labute approximate surface area is 114 Å². The third kappa shape index (κ3) is 2.99. The monoisotopic (exact) mass is 253 g/mol. The van der Waals surface area contributed by atoms with E-state index in [1.807, 2.05) is 19.2 Å². The zero-order valence-electron chi connectivity index (χ0n) is 11.3. The summed E-state index contributed by atoms with van der Waals surface area (Å²) in [6.45, 7) is 5.26. The highest BCUT2D eigenvalue weighted by Crippen LogP contribution is 2.25. The van der Waals surface area contributed by atoms with E-state index in [1.165, 1.54) is 5.56 Å². The molecule has 1 atom stereocenters. The van der Waals surface area contributed by atoms with E-state index in [-0.39, 0.29) is 0 Å². The Morgan fingerprint density at radius 1 is 1.21 bits per heavy atom. The molecule has 0 radical (unpaired) electrons. The Balaban J connectivity index is 1.64. The van der Waals surface area contributed by atoms with Gasteiger partial charge in [0.1, 0.15) is 5.82 Å². The Morgan fingerprint density at radius 2 is 2.05 bits per heavy atom. The van der Waals surface area contributed by atoms with Gasteiger partial charge in [-0.25, -0.2) is 9.97 Å². The average Bonchev–Trinajstić information content (AvgIpc) is 2.88. The van der Waals surface area contributed by atoms with Gasteiger partial charge in [0, 0.05) is 30.9 Å². The molecule has 3 rings (SSSR count). The van der Waals surface area contributed by atoms with Gasteiger partial charge < -0.3 is 0 Å².